The van der Waals surface area contributed by atoms with Crippen LogP contribution in [-0.2, 0) is 21.2 Å². The molecule has 2 aliphatic rings. The molecule has 1 atom stereocenters. The first-order valence-corrected chi connectivity index (χ1v) is 13.3. The molecule has 0 N–H and O–H groups in total. The number of halogens is 1. The average Bonchev–Trinajstić information content (AvgIpc) is 3.09. The minimum atomic E-state index is -3.60. The van der Waals surface area contributed by atoms with Crippen molar-refractivity contribution >= 4 is 37.5 Å². The van der Waals surface area contributed by atoms with Crippen molar-refractivity contribution in [2.45, 2.75) is 51.0 Å². The minimum Gasteiger partial charge on any atom is -0.494 e. The van der Waals surface area contributed by atoms with Gasteiger partial charge in [-0.3, -0.25) is 4.79 Å². The number of carbonyl (C=O) groups excluding carboxylic acids is 1. The quantitative estimate of drug-likeness (QED) is 0.580. The second kappa shape index (κ2) is 9.15. The van der Waals surface area contributed by atoms with Gasteiger partial charge in [0.05, 0.1) is 11.5 Å². The van der Waals surface area contributed by atoms with E-state index in [9.17, 15) is 13.2 Å². The number of hydrogen-bond acceptors (Lipinski definition) is 4. The van der Waals surface area contributed by atoms with Gasteiger partial charge in [-0.05, 0) is 87.6 Å². The molecule has 2 heterocycles. The lowest BCUT2D eigenvalue weighted by molar-refractivity contribution is -0.123. The van der Waals surface area contributed by atoms with Gasteiger partial charge in [-0.1, -0.05) is 15.9 Å². The molecule has 0 aromatic heterocycles. The zero-order valence-corrected chi connectivity index (χ0v) is 21.1. The molecule has 2 aromatic carbocycles. The van der Waals surface area contributed by atoms with Crippen molar-refractivity contribution in [1.29, 1.82) is 0 Å². The van der Waals surface area contributed by atoms with Crippen molar-refractivity contribution in [2.75, 3.05) is 24.6 Å². The molecule has 2 aromatic rings. The summed E-state index contributed by atoms with van der Waals surface area (Å²) in [6, 6.07) is 11.1. The molecule has 32 heavy (non-hydrogen) atoms. The van der Waals surface area contributed by atoms with Gasteiger partial charge in [-0.2, -0.15) is 4.31 Å². The molecule has 1 fully saturated rings. The lowest BCUT2D eigenvalue weighted by Crippen LogP contribution is -2.46. The summed E-state index contributed by atoms with van der Waals surface area (Å²) in [6.45, 7) is 7.05. The third-order valence-electron chi connectivity index (χ3n) is 6.38. The first-order valence-electron chi connectivity index (χ1n) is 11.1. The van der Waals surface area contributed by atoms with Crippen LogP contribution < -0.4 is 9.64 Å². The van der Waals surface area contributed by atoms with E-state index in [4.69, 9.17) is 4.74 Å². The van der Waals surface area contributed by atoms with Crippen molar-refractivity contribution in [3.63, 3.8) is 0 Å². The highest BCUT2D eigenvalue weighted by atomic mass is 79.9. The molecular formula is C24H29BrN2O4S. The predicted molar refractivity (Wildman–Crippen MR) is 129 cm³/mol. The second-order valence-corrected chi connectivity index (χ2v) is 11.4. The van der Waals surface area contributed by atoms with Crippen LogP contribution in [0, 0.1) is 12.8 Å². The summed E-state index contributed by atoms with van der Waals surface area (Å²) in [4.78, 5) is 15.5. The molecule has 172 valence electrons. The Bertz CT molecular complexity index is 1130. The summed E-state index contributed by atoms with van der Waals surface area (Å²) in [5.41, 5.74) is 2.95. The summed E-state index contributed by atoms with van der Waals surface area (Å²) >= 11 is 3.51. The van der Waals surface area contributed by atoms with Gasteiger partial charge >= 0.3 is 0 Å². The van der Waals surface area contributed by atoms with Crippen LogP contribution in [0.1, 0.15) is 37.8 Å². The standard InChI is InChI=1S/C24H29BrN2O4S/c1-4-31-23-8-6-21(13-16(23)2)32(29,30)26-11-9-18(10-12-26)24(28)27-17(3)14-19-15-20(25)5-7-22(19)27/h5-8,13,15,17-18H,4,9-12,14H2,1-3H3/t17-/m1/s1. The van der Waals surface area contributed by atoms with Gasteiger partial charge in [0.1, 0.15) is 5.75 Å². The molecule has 2 aliphatic heterocycles. The van der Waals surface area contributed by atoms with Gasteiger partial charge in [0.15, 0.2) is 0 Å². The topological polar surface area (TPSA) is 66.9 Å². The number of amides is 1. The maximum absolute atomic E-state index is 13.4. The first-order chi connectivity index (χ1) is 15.2. The van der Waals surface area contributed by atoms with Crippen LogP contribution in [0.15, 0.2) is 45.8 Å². The van der Waals surface area contributed by atoms with Crippen LogP contribution in [0.5, 0.6) is 5.75 Å². The summed E-state index contributed by atoms with van der Waals surface area (Å²) in [6.07, 6.45) is 1.90. The molecule has 0 saturated carbocycles. The number of rotatable bonds is 5. The van der Waals surface area contributed by atoms with E-state index >= 15 is 0 Å². The van der Waals surface area contributed by atoms with Crippen molar-refractivity contribution in [2.24, 2.45) is 5.92 Å². The lowest BCUT2D eigenvalue weighted by atomic mass is 9.96. The highest BCUT2D eigenvalue weighted by molar-refractivity contribution is 9.10. The van der Waals surface area contributed by atoms with Crippen molar-refractivity contribution < 1.29 is 17.9 Å². The van der Waals surface area contributed by atoms with Crippen LogP contribution in [0.4, 0.5) is 5.69 Å². The van der Waals surface area contributed by atoms with Gasteiger partial charge in [0, 0.05) is 35.2 Å². The van der Waals surface area contributed by atoms with Crippen molar-refractivity contribution in [3.8, 4) is 5.75 Å². The molecule has 1 saturated heterocycles. The normalized spacial score (nSPS) is 19.8. The van der Waals surface area contributed by atoms with Gasteiger partial charge < -0.3 is 9.64 Å². The fourth-order valence-corrected chi connectivity index (χ4v) is 6.69. The van der Waals surface area contributed by atoms with Crippen molar-refractivity contribution in [1.82, 2.24) is 4.31 Å². The lowest BCUT2D eigenvalue weighted by Gasteiger charge is -2.34. The Kier molecular flexibility index (Phi) is 6.66. The Morgan fingerprint density at radius 1 is 1.16 bits per heavy atom. The van der Waals surface area contributed by atoms with Gasteiger partial charge in [0.25, 0.3) is 0 Å². The Hall–Kier alpha value is -1.90. The van der Waals surface area contributed by atoms with Crippen LogP contribution in [0.2, 0.25) is 0 Å². The van der Waals surface area contributed by atoms with Gasteiger partial charge in [-0.15, -0.1) is 0 Å². The van der Waals surface area contributed by atoms with E-state index in [-0.39, 0.29) is 22.8 Å². The molecule has 0 spiro atoms. The van der Waals surface area contributed by atoms with Crippen LogP contribution in [0.25, 0.3) is 0 Å². The molecule has 1 amide bonds. The monoisotopic (exact) mass is 520 g/mol. The van der Waals surface area contributed by atoms with Crippen LogP contribution in [0.3, 0.4) is 0 Å². The maximum Gasteiger partial charge on any atom is 0.243 e. The van der Waals surface area contributed by atoms with E-state index in [1.54, 1.807) is 18.2 Å². The minimum absolute atomic E-state index is 0.104. The number of anilines is 1. The number of carbonyl (C=O) groups is 1. The maximum atomic E-state index is 13.4. The fourth-order valence-electron chi connectivity index (χ4n) is 4.72. The number of nitrogens with zero attached hydrogens (tertiary/aromatic N) is 2. The summed E-state index contributed by atoms with van der Waals surface area (Å²) in [5.74, 6) is 0.635. The SMILES string of the molecule is CCOc1ccc(S(=O)(=O)N2CCC(C(=O)N3c4ccc(Br)cc4C[C@H]3C)CC2)cc1C. The largest absolute Gasteiger partial charge is 0.494 e. The number of hydrogen-bond donors (Lipinski definition) is 0. The van der Waals surface area contributed by atoms with Crippen LogP contribution in [-0.4, -0.2) is 44.4 Å². The van der Waals surface area contributed by atoms with Gasteiger partial charge in [0.2, 0.25) is 15.9 Å². The molecular weight excluding hydrogens is 492 g/mol. The zero-order valence-electron chi connectivity index (χ0n) is 18.7. The van der Waals surface area contributed by atoms with E-state index < -0.39 is 10.0 Å². The number of benzene rings is 2. The molecule has 4 rings (SSSR count). The fraction of sp³-hybridized carbons (Fsp3) is 0.458. The van der Waals surface area contributed by atoms with E-state index in [0.29, 0.717) is 38.3 Å². The molecule has 0 radical (unpaired) electrons. The number of fused-ring (bicyclic) bond motifs is 1. The number of ether oxygens (including phenoxy) is 1. The summed E-state index contributed by atoms with van der Waals surface area (Å²) in [5, 5.41) is 0. The molecule has 6 nitrogen and oxygen atoms in total. The number of sulfonamides is 1. The smallest absolute Gasteiger partial charge is 0.243 e. The number of aryl methyl sites for hydroxylation is 1. The molecule has 0 aliphatic carbocycles. The predicted octanol–water partition coefficient (Wildman–Crippen LogP) is 4.53. The third-order valence-corrected chi connectivity index (χ3v) is 8.77. The Morgan fingerprint density at radius 3 is 2.53 bits per heavy atom. The third kappa shape index (κ3) is 4.32. The average molecular weight is 521 g/mol. The Morgan fingerprint density at radius 2 is 1.88 bits per heavy atom. The molecule has 8 heteroatoms. The van der Waals surface area contributed by atoms with Crippen LogP contribution >= 0.6 is 15.9 Å². The summed E-state index contributed by atoms with van der Waals surface area (Å²) in [7, 11) is -3.60. The van der Waals surface area contributed by atoms with E-state index in [1.807, 2.05) is 30.9 Å². The first kappa shape index (κ1) is 23.3. The molecule has 0 bridgehead atoms. The highest BCUT2D eigenvalue weighted by Crippen LogP contribution is 2.37. The van der Waals surface area contributed by atoms with Gasteiger partial charge in [-0.25, -0.2) is 8.42 Å². The van der Waals surface area contributed by atoms with E-state index in [1.165, 1.54) is 9.87 Å². The molecule has 0 unspecified atom stereocenters. The Balaban J connectivity index is 1.45. The number of piperidine rings is 1. The second-order valence-electron chi connectivity index (χ2n) is 8.57. The van der Waals surface area contributed by atoms with Crippen molar-refractivity contribution in [3.05, 3.63) is 52.0 Å². The highest BCUT2D eigenvalue weighted by Gasteiger charge is 2.38. The van der Waals surface area contributed by atoms with E-state index in [2.05, 4.69) is 28.9 Å². The Labute approximate surface area is 198 Å². The summed E-state index contributed by atoms with van der Waals surface area (Å²) < 4.78 is 34.4. The zero-order chi connectivity index (χ0) is 23.0. The van der Waals surface area contributed by atoms with E-state index in [0.717, 1.165) is 22.1 Å².